The van der Waals surface area contributed by atoms with Crippen molar-refractivity contribution in [2.24, 2.45) is 17.8 Å². The zero-order valence-corrected chi connectivity index (χ0v) is 18.1. The van der Waals surface area contributed by atoms with Crippen molar-refractivity contribution in [1.29, 1.82) is 0 Å². The van der Waals surface area contributed by atoms with E-state index in [9.17, 15) is 5.11 Å². The van der Waals surface area contributed by atoms with E-state index in [1.165, 1.54) is 38.5 Å². The summed E-state index contributed by atoms with van der Waals surface area (Å²) in [4.78, 5) is 2.23. The minimum Gasteiger partial charge on any atom is -0.497 e. The van der Waals surface area contributed by atoms with E-state index < -0.39 is 5.60 Å². The molecule has 3 atom stereocenters. The molecule has 0 spiro atoms. The zero-order chi connectivity index (χ0) is 18.6. The zero-order valence-electron chi connectivity index (χ0n) is 17.3. The average molecular weight is 396 g/mol. The van der Waals surface area contributed by atoms with E-state index >= 15 is 0 Å². The van der Waals surface area contributed by atoms with Crippen molar-refractivity contribution < 1.29 is 9.84 Å². The number of halogens is 1. The van der Waals surface area contributed by atoms with Gasteiger partial charge in [-0.15, -0.1) is 12.4 Å². The molecule has 1 aromatic carbocycles. The lowest BCUT2D eigenvalue weighted by Gasteiger charge is -2.45. The molecule has 1 aromatic rings. The van der Waals surface area contributed by atoms with E-state index in [1.807, 2.05) is 18.2 Å². The second-order valence-corrected chi connectivity index (χ2v) is 8.98. The molecule has 3 rings (SSSR count). The van der Waals surface area contributed by atoms with Crippen molar-refractivity contribution in [1.82, 2.24) is 4.90 Å². The number of aliphatic hydroxyl groups is 1. The average Bonchev–Trinajstić information content (AvgIpc) is 3.15. The molecule has 3 nitrogen and oxygen atoms in total. The van der Waals surface area contributed by atoms with Crippen LogP contribution in [0.1, 0.15) is 63.4 Å². The van der Waals surface area contributed by atoms with E-state index in [4.69, 9.17) is 4.74 Å². The van der Waals surface area contributed by atoms with Gasteiger partial charge in [-0.2, -0.15) is 0 Å². The Bertz CT molecular complexity index is 573. The quantitative estimate of drug-likeness (QED) is 0.684. The number of hydrogen-bond donors (Lipinski definition) is 1. The molecule has 3 unspecified atom stereocenters. The lowest BCUT2D eigenvalue weighted by molar-refractivity contribution is -0.0767. The van der Waals surface area contributed by atoms with Gasteiger partial charge in [0.15, 0.2) is 0 Å². The Morgan fingerprint density at radius 1 is 1.11 bits per heavy atom. The Labute approximate surface area is 171 Å². The van der Waals surface area contributed by atoms with Gasteiger partial charge in [-0.25, -0.2) is 0 Å². The SMILES string of the molecule is COc1cccc(C2(O)CCC(CCC3CCCC3)CC2CN(C)C)c1.Cl. The highest BCUT2D eigenvalue weighted by Gasteiger charge is 2.43. The van der Waals surface area contributed by atoms with Crippen LogP contribution in [0.4, 0.5) is 0 Å². The fraction of sp³-hybridized carbons (Fsp3) is 0.739. The molecule has 0 aliphatic heterocycles. The van der Waals surface area contributed by atoms with E-state index in [-0.39, 0.29) is 18.3 Å². The second-order valence-electron chi connectivity index (χ2n) is 8.98. The van der Waals surface area contributed by atoms with Gasteiger partial charge in [-0.05, 0) is 62.9 Å². The molecule has 154 valence electrons. The van der Waals surface area contributed by atoms with E-state index in [0.29, 0.717) is 0 Å². The Morgan fingerprint density at radius 3 is 2.48 bits per heavy atom. The molecule has 4 heteroatoms. The van der Waals surface area contributed by atoms with Crippen molar-refractivity contribution >= 4 is 12.4 Å². The van der Waals surface area contributed by atoms with Crippen LogP contribution in [0.2, 0.25) is 0 Å². The summed E-state index contributed by atoms with van der Waals surface area (Å²) in [5, 5.41) is 11.7. The monoisotopic (exact) mass is 395 g/mol. The molecular weight excluding hydrogens is 358 g/mol. The first kappa shape index (κ1) is 22.5. The third-order valence-electron chi connectivity index (χ3n) is 6.84. The standard InChI is InChI=1S/C23H37NO2.ClH/c1-24(2)17-21-15-19(12-11-18-7-4-5-8-18)13-14-23(21,25)20-9-6-10-22(16-20)26-3;/h6,9-10,16,18-19,21,25H,4-5,7-8,11-15,17H2,1-3H3;1H. The minimum absolute atomic E-state index is 0. The number of benzene rings is 1. The number of rotatable bonds is 7. The van der Waals surface area contributed by atoms with Gasteiger partial charge in [0.25, 0.3) is 0 Å². The van der Waals surface area contributed by atoms with Crippen molar-refractivity contribution in [2.75, 3.05) is 27.7 Å². The van der Waals surface area contributed by atoms with Gasteiger partial charge in [0, 0.05) is 12.5 Å². The van der Waals surface area contributed by atoms with Gasteiger partial charge in [-0.1, -0.05) is 50.7 Å². The molecule has 0 bridgehead atoms. The van der Waals surface area contributed by atoms with Crippen LogP contribution in [0.5, 0.6) is 5.75 Å². The van der Waals surface area contributed by atoms with Crippen LogP contribution in [-0.2, 0) is 5.60 Å². The highest BCUT2D eigenvalue weighted by atomic mass is 35.5. The molecular formula is C23H38ClNO2. The fourth-order valence-corrected chi connectivity index (χ4v) is 5.31. The van der Waals surface area contributed by atoms with Gasteiger partial charge < -0.3 is 14.7 Å². The lowest BCUT2D eigenvalue weighted by atomic mass is 9.66. The van der Waals surface area contributed by atoms with Crippen molar-refractivity contribution in [3.63, 3.8) is 0 Å². The molecule has 0 radical (unpaired) electrons. The molecule has 2 aliphatic carbocycles. The molecule has 2 saturated carbocycles. The van der Waals surface area contributed by atoms with Crippen LogP contribution in [0.15, 0.2) is 24.3 Å². The Hall–Kier alpha value is -0.770. The fourth-order valence-electron chi connectivity index (χ4n) is 5.31. The maximum absolute atomic E-state index is 11.7. The van der Waals surface area contributed by atoms with Crippen LogP contribution in [-0.4, -0.2) is 37.8 Å². The maximum Gasteiger partial charge on any atom is 0.119 e. The molecule has 1 N–H and O–H groups in total. The Balaban J connectivity index is 0.00000261. The highest BCUT2D eigenvalue weighted by Crippen LogP contribution is 2.46. The number of methoxy groups -OCH3 is 1. The van der Waals surface area contributed by atoms with Gasteiger partial charge in [0.1, 0.15) is 5.75 Å². The minimum atomic E-state index is -0.733. The summed E-state index contributed by atoms with van der Waals surface area (Å²) in [5.41, 5.74) is 0.292. The second kappa shape index (κ2) is 10.1. The first-order chi connectivity index (χ1) is 12.5. The van der Waals surface area contributed by atoms with Gasteiger partial charge >= 0.3 is 0 Å². The third-order valence-corrected chi connectivity index (χ3v) is 6.84. The van der Waals surface area contributed by atoms with E-state index in [0.717, 1.165) is 49.0 Å². The number of ether oxygens (including phenoxy) is 1. The highest BCUT2D eigenvalue weighted by molar-refractivity contribution is 5.85. The Morgan fingerprint density at radius 2 is 1.81 bits per heavy atom. The van der Waals surface area contributed by atoms with Gasteiger partial charge in [0.2, 0.25) is 0 Å². The Kier molecular flexibility index (Phi) is 8.45. The number of hydrogen-bond acceptors (Lipinski definition) is 3. The third kappa shape index (κ3) is 5.62. The van der Waals surface area contributed by atoms with Crippen LogP contribution < -0.4 is 4.74 Å². The summed E-state index contributed by atoms with van der Waals surface area (Å²) in [6.45, 7) is 0.938. The predicted octanol–water partition coefficient (Wildman–Crippen LogP) is 5.25. The van der Waals surface area contributed by atoms with Crippen molar-refractivity contribution in [3.8, 4) is 5.75 Å². The molecule has 27 heavy (non-hydrogen) atoms. The van der Waals surface area contributed by atoms with Crippen LogP contribution in [0, 0.1) is 17.8 Å². The van der Waals surface area contributed by atoms with E-state index in [1.54, 1.807) is 7.11 Å². The van der Waals surface area contributed by atoms with Crippen LogP contribution in [0.3, 0.4) is 0 Å². The molecule has 0 heterocycles. The van der Waals surface area contributed by atoms with Crippen LogP contribution in [0.25, 0.3) is 0 Å². The van der Waals surface area contributed by atoms with Gasteiger partial charge in [-0.3, -0.25) is 0 Å². The summed E-state index contributed by atoms with van der Waals surface area (Å²) in [7, 11) is 5.93. The largest absolute Gasteiger partial charge is 0.497 e. The van der Waals surface area contributed by atoms with Crippen molar-refractivity contribution in [3.05, 3.63) is 29.8 Å². The summed E-state index contributed by atoms with van der Waals surface area (Å²) < 4.78 is 5.40. The van der Waals surface area contributed by atoms with Gasteiger partial charge in [0.05, 0.1) is 12.7 Å². The molecule has 0 aromatic heterocycles. The first-order valence-corrected chi connectivity index (χ1v) is 10.5. The molecule has 2 fully saturated rings. The molecule has 0 saturated heterocycles. The molecule has 2 aliphatic rings. The normalized spacial score (nSPS) is 28.9. The lowest BCUT2D eigenvalue weighted by Crippen LogP contribution is -2.45. The van der Waals surface area contributed by atoms with Crippen LogP contribution >= 0.6 is 12.4 Å². The predicted molar refractivity (Wildman–Crippen MR) is 115 cm³/mol. The smallest absolute Gasteiger partial charge is 0.119 e. The molecule has 0 amide bonds. The van der Waals surface area contributed by atoms with E-state index in [2.05, 4.69) is 25.1 Å². The topological polar surface area (TPSA) is 32.7 Å². The number of nitrogens with zero attached hydrogens (tertiary/aromatic N) is 1. The summed E-state index contributed by atoms with van der Waals surface area (Å²) >= 11 is 0. The van der Waals surface area contributed by atoms with Crippen molar-refractivity contribution in [2.45, 2.75) is 63.4 Å². The summed E-state index contributed by atoms with van der Waals surface area (Å²) in [6, 6.07) is 8.07. The summed E-state index contributed by atoms with van der Waals surface area (Å²) in [5.74, 6) is 2.86. The summed E-state index contributed by atoms with van der Waals surface area (Å²) in [6.07, 6.45) is 11.7. The first-order valence-electron chi connectivity index (χ1n) is 10.5. The maximum atomic E-state index is 11.7.